The highest BCUT2D eigenvalue weighted by molar-refractivity contribution is 4.74. The fraction of sp³-hybridized carbons (Fsp3) is 1.00. The Morgan fingerprint density at radius 3 is 2.40 bits per heavy atom. The Morgan fingerprint density at radius 2 is 2.00 bits per heavy atom. The number of hydrogen-bond acceptors (Lipinski definition) is 2. The van der Waals surface area contributed by atoms with E-state index in [1.54, 1.807) is 0 Å². The molecule has 0 unspecified atom stereocenters. The SMILES string of the molecule is CC[C@H](CO)N1CCCC1. The second-order valence-corrected chi connectivity index (χ2v) is 2.99. The average molecular weight is 143 g/mol. The summed E-state index contributed by atoms with van der Waals surface area (Å²) in [7, 11) is 0. The van der Waals surface area contributed by atoms with Crippen molar-refractivity contribution >= 4 is 0 Å². The summed E-state index contributed by atoms with van der Waals surface area (Å²) >= 11 is 0. The smallest absolute Gasteiger partial charge is 0.0586 e. The Bertz CT molecular complexity index is 85.3. The van der Waals surface area contributed by atoms with E-state index in [0.717, 1.165) is 6.42 Å². The monoisotopic (exact) mass is 143 g/mol. The van der Waals surface area contributed by atoms with E-state index in [-0.39, 0.29) is 0 Å². The van der Waals surface area contributed by atoms with Crippen LogP contribution in [0.25, 0.3) is 0 Å². The van der Waals surface area contributed by atoms with E-state index in [1.165, 1.54) is 25.9 Å². The van der Waals surface area contributed by atoms with Crippen molar-refractivity contribution in [3.8, 4) is 0 Å². The second kappa shape index (κ2) is 3.94. The number of hydrogen-bond donors (Lipinski definition) is 1. The van der Waals surface area contributed by atoms with Crippen LogP contribution in [0, 0.1) is 0 Å². The van der Waals surface area contributed by atoms with Crippen LogP contribution in [0.2, 0.25) is 0 Å². The molecular weight excluding hydrogens is 126 g/mol. The van der Waals surface area contributed by atoms with Gasteiger partial charge in [0.25, 0.3) is 0 Å². The summed E-state index contributed by atoms with van der Waals surface area (Å²) in [6, 6.07) is 0.433. The van der Waals surface area contributed by atoms with Crippen molar-refractivity contribution in [2.75, 3.05) is 19.7 Å². The van der Waals surface area contributed by atoms with Crippen molar-refractivity contribution in [1.82, 2.24) is 4.90 Å². The Kier molecular flexibility index (Phi) is 3.16. The molecule has 1 atom stereocenters. The predicted molar refractivity (Wildman–Crippen MR) is 42.0 cm³/mol. The van der Waals surface area contributed by atoms with Crippen molar-refractivity contribution in [3.05, 3.63) is 0 Å². The molecule has 10 heavy (non-hydrogen) atoms. The minimum atomic E-state index is 0.330. The molecule has 60 valence electrons. The molecule has 1 fully saturated rings. The zero-order valence-electron chi connectivity index (χ0n) is 6.71. The molecule has 1 aliphatic rings. The number of aliphatic hydroxyl groups excluding tert-OH is 1. The highest BCUT2D eigenvalue weighted by Gasteiger charge is 2.18. The zero-order valence-corrected chi connectivity index (χ0v) is 6.71. The van der Waals surface area contributed by atoms with E-state index < -0.39 is 0 Å². The average Bonchev–Trinajstić information content (AvgIpc) is 2.43. The van der Waals surface area contributed by atoms with Gasteiger partial charge in [-0.05, 0) is 32.4 Å². The summed E-state index contributed by atoms with van der Waals surface area (Å²) in [5.74, 6) is 0. The van der Waals surface area contributed by atoms with E-state index in [0.29, 0.717) is 12.6 Å². The first-order valence-corrected chi connectivity index (χ1v) is 4.23. The molecule has 1 aliphatic heterocycles. The number of likely N-dealkylation sites (tertiary alicyclic amines) is 1. The molecule has 2 heteroatoms. The van der Waals surface area contributed by atoms with E-state index in [2.05, 4.69) is 11.8 Å². The maximum atomic E-state index is 8.94. The van der Waals surface area contributed by atoms with Crippen LogP contribution < -0.4 is 0 Å². The lowest BCUT2D eigenvalue weighted by Crippen LogP contribution is -2.34. The highest BCUT2D eigenvalue weighted by atomic mass is 16.3. The molecule has 1 saturated heterocycles. The third kappa shape index (κ3) is 1.70. The summed E-state index contributed by atoms with van der Waals surface area (Å²) in [5, 5.41) is 8.94. The highest BCUT2D eigenvalue weighted by Crippen LogP contribution is 2.12. The molecule has 0 saturated carbocycles. The lowest BCUT2D eigenvalue weighted by atomic mass is 10.2. The van der Waals surface area contributed by atoms with Crippen molar-refractivity contribution in [2.24, 2.45) is 0 Å². The minimum absolute atomic E-state index is 0.330. The van der Waals surface area contributed by atoms with Gasteiger partial charge < -0.3 is 5.11 Å². The lowest BCUT2D eigenvalue weighted by Gasteiger charge is -2.23. The lowest BCUT2D eigenvalue weighted by molar-refractivity contribution is 0.142. The van der Waals surface area contributed by atoms with Gasteiger partial charge in [0.2, 0.25) is 0 Å². The molecule has 0 aromatic carbocycles. The topological polar surface area (TPSA) is 23.5 Å². The largest absolute Gasteiger partial charge is 0.395 e. The van der Waals surface area contributed by atoms with Crippen LogP contribution in [0.5, 0.6) is 0 Å². The third-order valence-electron chi connectivity index (χ3n) is 2.34. The Hall–Kier alpha value is -0.0800. The molecule has 2 nitrogen and oxygen atoms in total. The van der Waals surface area contributed by atoms with Gasteiger partial charge in [-0.1, -0.05) is 6.92 Å². The van der Waals surface area contributed by atoms with Gasteiger partial charge in [-0.3, -0.25) is 4.90 Å². The maximum absolute atomic E-state index is 8.94. The normalized spacial score (nSPS) is 23.4. The van der Waals surface area contributed by atoms with Crippen molar-refractivity contribution in [2.45, 2.75) is 32.2 Å². The summed E-state index contributed by atoms with van der Waals surface area (Å²) < 4.78 is 0. The van der Waals surface area contributed by atoms with Crippen molar-refractivity contribution in [1.29, 1.82) is 0 Å². The number of nitrogens with zero attached hydrogens (tertiary/aromatic N) is 1. The molecule has 1 N–H and O–H groups in total. The molecule has 1 heterocycles. The second-order valence-electron chi connectivity index (χ2n) is 2.99. The molecule has 0 amide bonds. The summed E-state index contributed by atoms with van der Waals surface area (Å²) in [6.07, 6.45) is 3.71. The van der Waals surface area contributed by atoms with Gasteiger partial charge in [0.1, 0.15) is 0 Å². The van der Waals surface area contributed by atoms with Crippen LogP contribution in [-0.2, 0) is 0 Å². The molecule has 0 radical (unpaired) electrons. The fourth-order valence-corrected chi connectivity index (χ4v) is 1.61. The van der Waals surface area contributed by atoms with Gasteiger partial charge in [-0.2, -0.15) is 0 Å². The quantitative estimate of drug-likeness (QED) is 0.633. The molecule has 0 aliphatic carbocycles. The van der Waals surface area contributed by atoms with Crippen LogP contribution in [0.3, 0.4) is 0 Å². The van der Waals surface area contributed by atoms with Gasteiger partial charge >= 0.3 is 0 Å². The van der Waals surface area contributed by atoms with E-state index in [9.17, 15) is 0 Å². The first-order chi connectivity index (χ1) is 4.88. The summed E-state index contributed by atoms with van der Waals surface area (Å²) in [5.41, 5.74) is 0. The first kappa shape index (κ1) is 8.02. The third-order valence-corrected chi connectivity index (χ3v) is 2.34. The Balaban J connectivity index is 2.29. The molecule has 0 spiro atoms. The van der Waals surface area contributed by atoms with E-state index >= 15 is 0 Å². The van der Waals surface area contributed by atoms with Crippen LogP contribution >= 0.6 is 0 Å². The van der Waals surface area contributed by atoms with Gasteiger partial charge in [-0.25, -0.2) is 0 Å². The number of rotatable bonds is 3. The van der Waals surface area contributed by atoms with Gasteiger partial charge in [-0.15, -0.1) is 0 Å². The molecular formula is C8H17NO. The minimum Gasteiger partial charge on any atom is -0.395 e. The van der Waals surface area contributed by atoms with Gasteiger partial charge in [0.15, 0.2) is 0 Å². The van der Waals surface area contributed by atoms with Gasteiger partial charge in [0.05, 0.1) is 6.61 Å². The maximum Gasteiger partial charge on any atom is 0.0586 e. The van der Waals surface area contributed by atoms with Crippen molar-refractivity contribution < 1.29 is 5.11 Å². The van der Waals surface area contributed by atoms with Gasteiger partial charge in [0, 0.05) is 6.04 Å². The van der Waals surface area contributed by atoms with Crippen molar-refractivity contribution in [3.63, 3.8) is 0 Å². The molecule has 0 aromatic rings. The fourth-order valence-electron chi connectivity index (χ4n) is 1.61. The first-order valence-electron chi connectivity index (χ1n) is 4.23. The molecule has 0 aromatic heterocycles. The summed E-state index contributed by atoms with van der Waals surface area (Å²) in [4.78, 5) is 2.39. The van der Waals surface area contributed by atoms with Crippen LogP contribution in [0.15, 0.2) is 0 Å². The Labute approximate surface area is 62.8 Å². The zero-order chi connectivity index (χ0) is 7.40. The van der Waals surface area contributed by atoms with Crippen LogP contribution in [0.4, 0.5) is 0 Å². The predicted octanol–water partition coefficient (Wildman–Crippen LogP) is 0.853. The van der Waals surface area contributed by atoms with Crippen LogP contribution in [0.1, 0.15) is 26.2 Å². The standard InChI is InChI=1S/C8H17NO/c1-2-8(7-10)9-5-3-4-6-9/h8,10H,2-7H2,1H3/t8-/m1/s1. The summed E-state index contributed by atoms with van der Waals surface area (Å²) in [6.45, 7) is 4.86. The van der Waals surface area contributed by atoms with Crippen LogP contribution in [-0.4, -0.2) is 35.7 Å². The van der Waals surface area contributed by atoms with E-state index in [4.69, 9.17) is 5.11 Å². The van der Waals surface area contributed by atoms with E-state index in [1.807, 2.05) is 0 Å². The Morgan fingerprint density at radius 1 is 1.40 bits per heavy atom. The molecule has 0 bridgehead atoms. The number of aliphatic hydroxyl groups is 1. The molecule has 1 rings (SSSR count).